The van der Waals surface area contributed by atoms with Crippen LogP contribution in [0.15, 0.2) is 0 Å². The number of unbranched alkanes of at least 4 members (excludes halogenated alkanes) is 5. The molecule has 0 amide bonds. The lowest BCUT2D eigenvalue weighted by Crippen LogP contribution is -2.34. The van der Waals surface area contributed by atoms with Crippen LogP contribution in [0.3, 0.4) is 0 Å². The van der Waals surface area contributed by atoms with E-state index in [0.29, 0.717) is 0 Å². The molecule has 1 aliphatic heterocycles. The monoisotopic (exact) mass is 273 g/mol. The molecule has 0 atom stereocenters. The van der Waals surface area contributed by atoms with E-state index in [1.54, 1.807) is 0 Å². The van der Waals surface area contributed by atoms with Gasteiger partial charge in [-0.05, 0) is 25.1 Å². The second-order valence-electron chi connectivity index (χ2n) is 5.19. The van der Waals surface area contributed by atoms with Crippen molar-refractivity contribution in [1.29, 1.82) is 0 Å². The molecule has 0 aliphatic carbocycles. The van der Waals surface area contributed by atoms with Crippen LogP contribution in [-0.2, 0) is 0 Å². The highest BCUT2D eigenvalue weighted by molar-refractivity contribution is 7.80. The number of nitrogens with one attached hydrogen (secondary N) is 2. The van der Waals surface area contributed by atoms with Crippen LogP contribution in [0.1, 0.15) is 38.5 Å². The highest BCUT2D eigenvalue weighted by Gasteiger charge is 2.05. The van der Waals surface area contributed by atoms with Gasteiger partial charge >= 0.3 is 0 Å². The first-order valence-electron chi connectivity index (χ1n) is 7.68. The molecule has 1 aliphatic rings. The van der Waals surface area contributed by atoms with E-state index >= 15 is 0 Å². The molecule has 108 valence electrons. The number of hydrogen-bond acceptors (Lipinski definition) is 4. The Bertz CT molecular complexity index is 168. The smallest absolute Gasteiger partial charge is 0.0107 e. The molecule has 4 heteroatoms. The molecule has 1 heterocycles. The van der Waals surface area contributed by atoms with Crippen molar-refractivity contribution in [2.75, 3.05) is 51.6 Å². The van der Waals surface area contributed by atoms with Gasteiger partial charge in [-0.2, -0.15) is 12.6 Å². The standard InChI is InChI=1S/C14H31N3S/c18-14-6-4-2-1-3-5-11-17-12-9-15-7-8-16-10-13-17/h15-16,18H,1-14H2. The Hall–Kier alpha value is 0.230. The van der Waals surface area contributed by atoms with Gasteiger partial charge in [0.2, 0.25) is 0 Å². The van der Waals surface area contributed by atoms with Crippen molar-refractivity contribution in [3.05, 3.63) is 0 Å². The number of hydrogen-bond donors (Lipinski definition) is 3. The minimum Gasteiger partial charge on any atom is -0.314 e. The van der Waals surface area contributed by atoms with Crippen molar-refractivity contribution < 1.29 is 0 Å². The van der Waals surface area contributed by atoms with E-state index in [1.807, 2.05) is 0 Å². The van der Waals surface area contributed by atoms with Gasteiger partial charge in [-0.1, -0.05) is 25.7 Å². The molecule has 18 heavy (non-hydrogen) atoms. The van der Waals surface area contributed by atoms with Crippen LogP contribution in [-0.4, -0.2) is 56.5 Å². The highest BCUT2D eigenvalue weighted by Crippen LogP contribution is 2.06. The lowest BCUT2D eigenvalue weighted by molar-refractivity contribution is 0.273. The zero-order valence-corrected chi connectivity index (χ0v) is 12.7. The molecule has 1 fully saturated rings. The predicted octanol–water partition coefficient (Wildman–Crippen LogP) is 1.75. The summed E-state index contributed by atoms with van der Waals surface area (Å²) in [5.74, 6) is 1.05. The normalized spacial score (nSPS) is 19.2. The zero-order chi connectivity index (χ0) is 12.9. The molecule has 0 aromatic rings. The third-order valence-corrected chi connectivity index (χ3v) is 3.89. The van der Waals surface area contributed by atoms with Gasteiger partial charge in [0.25, 0.3) is 0 Å². The predicted molar refractivity (Wildman–Crippen MR) is 83.7 cm³/mol. The van der Waals surface area contributed by atoms with Gasteiger partial charge in [-0.15, -0.1) is 0 Å². The Kier molecular flexibility index (Phi) is 11.1. The highest BCUT2D eigenvalue weighted by atomic mass is 32.1. The summed E-state index contributed by atoms with van der Waals surface area (Å²) in [6, 6.07) is 0. The maximum Gasteiger partial charge on any atom is 0.0107 e. The number of thiol groups is 1. The number of nitrogens with zero attached hydrogens (tertiary/aromatic N) is 1. The maximum absolute atomic E-state index is 4.24. The van der Waals surface area contributed by atoms with Crippen molar-refractivity contribution in [3.8, 4) is 0 Å². The van der Waals surface area contributed by atoms with E-state index < -0.39 is 0 Å². The van der Waals surface area contributed by atoms with E-state index in [4.69, 9.17) is 0 Å². The van der Waals surface area contributed by atoms with Crippen molar-refractivity contribution in [1.82, 2.24) is 15.5 Å². The molecule has 0 radical (unpaired) electrons. The fourth-order valence-electron chi connectivity index (χ4n) is 2.39. The van der Waals surface area contributed by atoms with E-state index in [-0.39, 0.29) is 0 Å². The Morgan fingerprint density at radius 2 is 1.28 bits per heavy atom. The van der Waals surface area contributed by atoms with Crippen molar-refractivity contribution in [2.45, 2.75) is 38.5 Å². The van der Waals surface area contributed by atoms with Crippen molar-refractivity contribution in [2.24, 2.45) is 0 Å². The van der Waals surface area contributed by atoms with Crippen LogP contribution in [0, 0.1) is 0 Å². The summed E-state index contributed by atoms with van der Waals surface area (Å²) in [6.07, 6.45) is 8.19. The molecule has 0 aromatic carbocycles. The van der Waals surface area contributed by atoms with Crippen LogP contribution < -0.4 is 10.6 Å². The minimum atomic E-state index is 1.05. The lowest BCUT2D eigenvalue weighted by Gasteiger charge is -2.21. The maximum atomic E-state index is 4.24. The SMILES string of the molecule is SCCCCCCCCN1CCNCCNCC1. The van der Waals surface area contributed by atoms with Gasteiger partial charge in [0.15, 0.2) is 0 Å². The van der Waals surface area contributed by atoms with Gasteiger partial charge in [0, 0.05) is 39.3 Å². The molecule has 1 rings (SSSR count). The third-order valence-electron chi connectivity index (χ3n) is 3.57. The van der Waals surface area contributed by atoms with Crippen LogP contribution >= 0.6 is 12.6 Å². The quantitative estimate of drug-likeness (QED) is 0.465. The molecule has 0 saturated carbocycles. The van der Waals surface area contributed by atoms with Gasteiger partial charge in [-0.3, -0.25) is 0 Å². The fourth-order valence-corrected chi connectivity index (χ4v) is 2.61. The van der Waals surface area contributed by atoms with Gasteiger partial charge in [-0.25, -0.2) is 0 Å². The average Bonchev–Trinajstić information content (AvgIpc) is 2.51. The average molecular weight is 273 g/mol. The van der Waals surface area contributed by atoms with E-state index in [1.165, 1.54) is 58.2 Å². The Balaban J connectivity index is 1.95. The summed E-state index contributed by atoms with van der Waals surface area (Å²) in [4.78, 5) is 2.60. The van der Waals surface area contributed by atoms with Crippen LogP contribution in [0.25, 0.3) is 0 Å². The summed E-state index contributed by atoms with van der Waals surface area (Å²) >= 11 is 4.24. The number of rotatable bonds is 8. The summed E-state index contributed by atoms with van der Waals surface area (Å²) in [5.41, 5.74) is 0. The second-order valence-corrected chi connectivity index (χ2v) is 5.63. The summed E-state index contributed by atoms with van der Waals surface area (Å²) in [6.45, 7) is 8.20. The zero-order valence-electron chi connectivity index (χ0n) is 11.8. The molecule has 2 N–H and O–H groups in total. The van der Waals surface area contributed by atoms with Crippen LogP contribution in [0.2, 0.25) is 0 Å². The van der Waals surface area contributed by atoms with Gasteiger partial charge in [0.1, 0.15) is 0 Å². The first kappa shape index (κ1) is 16.3. The first-order valence-corrected chi connectivity index (χ1v) is 8.31. The topological polar surface area (TPSA) is 27.3 Å². The largest absolute Gasteiger partial charge is 0.314 e. The molecule has 0 spiro atoms. The summed E-state index contributed by atoms with van der Waals surface area (Å²) in [7, 11) is 0. The molecule has 0 aromatic heterocycles. The van der Waals surface area contributed by atoms with E-state index in [2.05, 4.69) is 28.2 Å². The summed E-state index contributed by atoms with van der Waals surface area (Å²) < 4.78 is 0. The van der Waals surface area contributed by atoms with Gasteiger partial charge < -0.3 is 15.5 Å². The summed E-state index contributed by atoms with van der Waals surface area (Å²) in [5, 5.41) is 6.94. The lowest BCUT2D eigenvalue weighted by atomic mass is 10.1. The van der Waals surface area contributed by atoms with Crippen molar-refractivity contribution >= 4 is 12.6 Å². The molecule has 3 nitrogen and oxygen atoms in total. The molecule has 0 bridgehead atoms. The Labute approximate surface area is 118 Å². The first-order chi connectivity index (χ1) is 8.93. The van der Waals surface area contributed by atoms with Crippen LogP contribution in [0.5, 0.6) is 0 Å². The van der Waals surface area contributed by atoms with E-state index in [9.17, 15) is 0 Å². The molecule has 0 unspecified atom stereocenters. The Morgan fingerprint density at radius 1 is 0.722 bits per heavy atom. The molecule has 1 saturated heterocycles. The third kappa shape index (κ3) is 9.20. The van der Waals surface area contributed by atoms with Crippen LogP contribution in [0.4, 0.5) is 0 Å². The van der Waals surface area contributed by atoms with Gasteiger partial charge in [0.05, 0.1) is 0 Å². The van der Waals surface area contributed by atoms with E-state index in [0.717, 1.165) is 31.9 Å². The molecular formula is C14H31N3S. The minimum absolute atomic E-state index is 1.05. The second kappa shape index (κ2) is 12.3. The Morgan fingerprint density at radius 3 is 1.89 bits per heavy atom. The fraction of sp³-hybridized carbons (Fsp3) is 1.00. The molecular weight excluding hydrogens is 242 g/mol. The van der Waals surface area contributed by atoms with Crippen molar-refractivity contribution in [3.63, 3.8) is 0 Å².